The maximum atomic E-state index is 5.72. The molecule has 0 radical (unpaired) electrons. The van der Waals surface area contributed by atoms with Gasteiger partial charge in [0.25, 0.3) is 0 Å². The SMILES string of the molecule is CN=C(NCCOc1ccc(OC)cc1)NCC(c1cccs1)N(C)C.I. The highest BCUT2D eigenvalue weighted by atomic mass is 127. The Labute approximate surface area is 183 Å². The summed E-state index contributed by atoms with van der Waals surface area (Å²) in [5.74, 6) is 2.41. The van der Waals surface area contributed by atoms with Crippen molar-refractivity contribution in [3.05, 3.63) is 46.7 Å². The average Bonchev–Trinajstić information content (AvgIpc) is 3.18. The van der Waals surface area contributed by atoms with Gasteiger partial charge in [-0.1, -0.05) is 6.07 Å². The van der Waals surface area contributed by atoms with Gasteiger partial charge in [-0.3, -0.25) is 4.99 Å². The van der Waals surface area contributed by atoms with Crippen LogP contribution < -0.4 is 20.1 Å². The van der Waals surface area contributed by atoms with Crippen molar-refractivity contribution in [2.45, 2.75) is 6.04 Å². The molecule has 2 aromatic rings. The summed E-state index contributed by atoms with van der Waals surface area (Å²) < 4.78 is 10.9. The number of likely N-dealkylation sites (N-methyl/N-ethyl adjacent to an activating group) is 1. The largest absolute Gasteiger partial charge is 0.497 e. The Bertz CT molecular complexity index is 663. The number of aliphatic imine (C=N–C) groups is 1. The maximum absolute atomic E-state index is 5.72. The van der Waals surface area contributed by atoms with Crippen LogP contribution in [0.4, 0.5) is 0 Å². The molecule has 0 aliphatic heterocycles. The number of benzene rings is 1. The van der Waals surface area contributed by atoms with Crippen molar-refractivity contribution in [2.75, 3.05) is 47.9 Å². The van der Waals surface area contributed by atoms with Crippen molar-refractivity contribution in [3.63, 3.8) is 0 Å². The molecule has 1 heterocycles. The fraction of sp³-hybridized carbons (Fsp3) is 0.421. The Morgan fingerprint density at radius 3 is 2.41 bits per heavy atom. The van der Waals surface area contributed by atoms with Crippen LogP contribution in [0.3, 0.4) is 0 Å². The summed E-state index contributed by atoms with van der Waals surface area (Å²) in [5, 5.41) is 8.77. The number of thiophene rings is 1. The zero-order valence-corrected chi connectivity index (χ0v) is 19.4. The fourth-order valence-corrected chi connectivity index (χ4v) is 3.37. The van der Waals surface area contributed by atoms with Crippen LogP contribution in [0.15, 0.2) is 46.8 Å². The van der Waals surface area contributed by atoms with Crippen molar-refractivity contribution in [2.24, 2.45) is 4.99 Å². The van der Waals surface area contributed by atoms with Gasteiger partial charge in [0.2, 0.25) is 0 Å². The Morgan fingerprint density at radius 2 is 1.85 bits per heavy atom. The summed E-state index contributed by atoms with van der Waals surface area (Å²) in [7, 11) is 7.60. The topological polar surface area (TPSA) is 58.1 Å². The van der Waals surface area contributed by atoms with Gasteiger partial charge in [0.05, 0.1) is 19.7 Å². The highest BCUT2D eigenvalue weighted by Gasteiger charge is 2.15. The Hall–Kier alpha value is -1.52. The molecule has 150 valence electrons. The number of guanidine groups is 1. The molecule has 0 spiro atoms. The second kappa shape index (κ2) is 12.8. The van der Waals surface area contributed by atoms with Gasteiger partial charge >= 0.3 is 0 Å². The number of rotatable bonds is 9. The van der Waals surface area contributed by atoms with Gasteiger partial charge < -0.3 is 25.0 Å². The van der Waals surface area contributed by atoms with E-state index in [1.807, 2.05) is 24.3 Å². The van der Waals surface area contributed by atoms with E-state index in [2.05, 4.69) is 52.1 Å². The maximum Gasteiger partial charge on any atom is 0.191 e. The molecule has 0 aliphatic carbocycles. The summed E-state index contributed by atoms with van der Waals surface area (Å²) in [6.07, 6.45) is 0. The van der Waals surface area contributed by atoms with E-state index in [1.165, 1.54) is 4.88 Å². The number of hydrogen-bond acceptors (Lipinski definition) is 5. The molecule has 2 rings (SSSR count). The Balaban J connectivity index is 0.00000364. The van der Waals surface area contributed by atoms with Crippen molar-refractivity contribution in [1.29, 1.82) is 0 Å². The van der Waals surface area contributed by atoms with Crippen LogP contribution in [-0.2, 0) is 0 Å². The summed E-state index contributed by atoms with van der Waals surface area (Å²) in [4.78, 5) is 7.82. The van der Waals surface area contributed by atoms with Gasteiger partial charge in [-0.05, 0) is 49.8 Å². The lowest BCUT2D eigenvalue weighted by atomic mass is 10.2. The number of halogens is 1. The minimum absolute atomic E-state index is 0. The van der Waals surface area contributed by atoms with E-state index in [1.54, 1.807) is 25.5 Å². The molecular weight excluding hydrogens is 475 g/mol. The molecule has 1 unspecified atom stereocenters. The van der Waals surface area contributed by atoms with Crippen molar-refractivity contribution in [1.82, 2.24) is 15.5 Å². The molecule has 0 amide bonds. The molecule has 0 saturated heterocycles. The molecule has 0 bridgehead atoms. The number of nitrogens with one attached hydrogen (secondary N) is 2. The van der Waals surface area contributed by atoms with Gasteiger partial charge in [0, 0.05) is 18.5 Å². The third-order valence-corrected chi connectivity index (χ3v) is 4.88. The van der Waals surface area contributed by atoms with E-state index in [4.69, 9.17) is 9.47 Å². The lowest BCUT2D eigenvalue weighted by Gasteiger charge is -2.24. The van der Waals surface area contributed by atoms with Gasteiger partial charge in [0.1, 0.15) is 18.1 Å². The lowest BCUT2D eigenvalue weighted by Crippen LogP contribution is -2.42. The second-order valence-corrected chi connectivity index (χ2v) is 6.88. The molecule has 0 fully saturated rings. The molecule has 8 heteroatoms. The first kappa shape index (κ1) is 23.5. The number of nitrogens with zero attached hydrogens (tertiary/aromatic N) is 2. The molecule has 0 aliphatic rings. The van der Waals surface area contributed by atoms with E-state index < -0.39 is 0 Å². The fourth-order valence-electron chi connectivity index (χ4n) is 2.44. The first-order valence-corrected chi connectivity index (χ1v) is 9.43. The van der Waals surface area contributed by atoms with E-state index in [-0.39, 0.29) is 24.0 Å². The Morgan fingerprint density at radius 1 is 1.15 bits per heavy atom. The average molecular weight is 504 g/mol. The third-order valence-electron chi connectivity index (χ3n) is 3.90. The van der Waals surface area contributed by atoms with Crippen molar-refractivity contribution < 1.29 is 9.47 Å². The summed E-state index contributed by atoms with van der Waals surface area (Å²) >= 11 is 1.77. The molecule has 1 atom stereocenters. The van der Waals surface area contributed by atoms with Crippen LogP contribution in [0.5, 0.6) is 11.5 Å². The normalized spacial score (nSPS) is 12.3. The van der Waals surface area contributed by atoms with Crippen LogP contribution in [0.1, 0.15) is 10.9 Å². The standard InChI is InChI=1S/C19H28N4O2S.HI/c1-20-19(22-14-17(23(2)3)18-6-5-13-26-18)21-11-12-25-16-9-7-15(24-4)8-10-16;/h5-10,13,17H,11-12,14H2,1-4H3,(H2,20,21,22);1H. The molecular formula is C19H29IN4O2S. The van der Waals surface area contributed by atoms with E-state index in [0.717, 1.165) is 24.0 Å². The number of hydrogen-bond donors (Lipinski definition) is 2. The third kappa shape index (κ3) is 7.94. The van der Waals surface area contributed by atoms with E-state index in [0.29, 0.717) is 19.2 Å². The van der Waals surface area contributed by atoms with Crippen molar-refractivity contribution >= 4 is 41.3 Å². The smallest absolute Gasteiger partial charge is 0.191 e. The van der Waals surface area contributed by atoms with E-state index in [9.17, 15) is 0 Å². The predicted octanol–water partition coefficient (Wildman–Crippen LogP) is 3.22. The van der Waals surface area contributed by atoms with Crippen LogP contribution in [-0.4, -0.2) is 58.8 Å². The molecule has 1 aromatic carbocycles. The van der Waals surface area contributed by atoms with Gasteiger partial charge in [0.15, 0.2) is 5.96 Å². The molecule has 1 aromatic heterocycles. The summed E-state index contributed by atoms with van der Waals surface area (Å²) in [5.41, 5.74) is 0. The van der Waals surface area contributed by atoms with Crippen LogP contribution in [0, 0.1) is 0 Å². The molecule has 0 saturated carbocycles. The number of ether oxygens (including phenoxy) is 2. The predicted molar refractivity (Wildman–Crippen MR) is 124 cm³/mol. The summed E-state index contributed by atoms with van der Waals surface area (Å²) in [6, 6.07) is 12.1. The zero-order valence-electron chi connectivity index (χ0n) is 16.3. The first-order chi connectivity index (χ1) is 12.6. The van der Waals surface area contributed by atoms with Crippen LogP contribution in [0.2, 0.25) is 0 Å². The van der Waals surface area contributed by atoms with Crippen molar-refractivity contribution in [3.8, 4) is 11.5 Å². The molecule has 6 nitrogen and oxygen atoms in total. The monoisotopic (exact) mass is 504 g/mol. The van der Waals surface area contributed by atoms with Crippen LogP contribution >= 0.6 is 35.3 Å². The number of methoxy groups -OCH3 is 1. The summed E-state index contributed by atoms with van der Waals surface area (Å²) in [6.45, 7) is 2.00. The molecule has 27 heavy (non-hydrogen) atoms. The quantitative estimate of drug-likeness (QED) is 0.238. The highest BCUT2D eigenvalue weighted by Crippen LogP contribution is 2.22. The lowest BCUT2D eigenvalue weighted by molar-refractivity contribution is 0.301. The molecule has 2 N–H and O–H groups in total. The first-order valence-electron chi connectivity index (χ1n) is 8.55. The van der Waals surface area contributed by atoms with Crippen LogP contribution in [0.25, 0.3) is 0 Å². The van der Waals surface area contributed by atoms with Gasteiger partial charge in [-0.25, -0.2) is 0 Å². The zero-order chi connectivity index (χ0) is 18.8. The minimum atomic E-state index is 0. The second-order valence-electron chi connectivity index (χ2n) is 5.90. The van der Waals surface area contributed by atoms with Gasteiger partial charge in [-0.15, -0.1) is 35.3 Å². The highest BCUT2D eigenvalue weighted by molar-refractivity contribution is 14.0. The van der Waals surface area contributed by atoms with Gasteiger partial charge in [-0.2, -0.15) is 0 Å². The Kier molecular flexibility index (Phi) is 11.1. The van der Waals surface area contributed by atoms with E-state index >= 15 is 0 Å². The minimum Gasteiger partial charge on any atom is -0.497 e.